The van der Waals surface area contributed by atoms with E-state index in [1.54, 1.807) is 23.9 Å². The summed E-state index contributed by atoms with van der Waals surface area (Å²) in [6.07, 6.45) is -5.37. The number of aliphatic hydroxyl groups is 2. The first-order valence-corrected chi connectivity index (χ1v) is 24.1. The molecular formula is C34H36N6O6S6. The number of nitrogens with one attached hydrogen (secondary N) is 2. The van der Waals surface area contributed by atoms with Crippen LogP contribution in [0.5, 0.6) is 0 Å². The van der Waals surface area contributed by atoms with Gasteiger partial charge in [0.1, 0.15) is 24.5 Å². The minimum atomic E-state index is -1.84. The third-order valence-electron chi connectivity index (χ3n) is 13.2. The van der Waals surface area contributed by atoms with Gasteiger partial charge in [-0.3, -0.25) is 29.0 Å². The summed E-state index contributed by atoms with van der Waals surface area (Å²) in [7, 11) is 11.0. The maximum atomic E-state index is 15.5. The SMILES string of the molecule is CC(C)C12SSSS[C@]3(C(=O)N1C)[C@@H](O)C1([C@]45c6ccccc6N[C@H]4N4C(=O)[C@]6(C(C)C)SS[C@@]4(C(=O)N6C)[C@H]5O)c4ccccc4N[C@@H]1N3C2=O. The highest BCUT2D eigenvalue weighted by Crippen LogP contribution is 2.79. The predicted octanol–water partition coefficient (Wildman–Crippen LogP) is 3.90. The number of anilines is 2. The normalized spacial score (nSPS) is 43.7. The molecule has 8 saturated heterocycles. The monoisotopic (exact) mass is 816 g/mol. The van der Waals surface area contributed by atoms with Gasteiger partial charge in [0.15, 0.2) is 9.74 Å². The van der Waals surface area contributed by atoms with Gasteiger partial charge in [-0.1, -0.05) is 74.9 Å². The lowest BCUT2D eigenvalue weighted by atomic mass is 9.52. The Morgan fingerprint density at radius 1 is 0.596 bits per heavy atom. The molecule has 12 rings (SSSR count). The zero-order valence-corrected chi connectivity index (χ0v) is 33.7. The number of nitrogens with zero attached hydrogens (tertiary/aromatic N) is 4. The molecule has 0 radical (unpaired) electrons. The van der Waals surface area contributed by atoms with Gasteiger partial charge in [0.05, 0.1) is 10.8 Å². The summed E-state index contributed by atoms with van der Waals surface area (Å²) in [5, 5.41) is 34.5. The molecule has 10 aliphatic heterocycles. The Balaban J connectivity index is 1.34. The Hall–Kier alpha value is -2.06. The second kappa shape index (κ2) is 10.4. The third kappa shape index (κ3) is 3.09. The molecule has 2 unspecified atom stereocenters. The number of amides is 4. The summed E-state index contributed by atoms with van der Waals surface area (Å²) in [4.78, 5) is 61.0. The summed E-state index contributed by atoms with van der Waals surface area (Å²) < 4.78 is 0. The largest absolute Gasteiger partial charge is 0.388 e. The Morgan fingerprint density at radius 3 is 1.46 bits per heavy atom. The van der Waals surface area contributed by atoms with Gasteiger partial charge in [-0.05, 0) is 87.1 Å². The number of hydrogen-bond acceptors (Lipinski definition) is 14. The van der Waals surface area contributed by atoms with Crippen molar-refractivity contribution < 1.29 is 29.4 Å². The summed E-state index contributed by atoms with van der Waals surface area (Å²) >= 11 is 0. The topological polar surface area (TPSA) is 146 Å². The molecule has 0 aromatic heterocycles. The van der Waals surface area contributed by atoms with Crippen molar-refractivity contribution in [3.63, 3.8) is 0 Å². The summed E-state index contributed by atoms with van der Waals surface area (Å²) in [6.45, 7) is 7.68. The second-order valence-electron chi connectivity index (χ2n) is 15.4. The van der Waals surface area contributed by atoms with Gasteiger partial charge in [0.2, 0.25) is 9.74 Å². The number of carbonyl (C=O) groups excluding carboxylic acids is 4. The minimum Gasteiger partial charge on any atom is -0.388 e. The molecule has 2 aromatic carbocycles. The van der Waals surface area contributed by atoms with E-state index in [4.69, 9.17) is 0 Å². The van der Waals surface area contributed by atoms with E-state index in [9.17, 15) is 15.0 Å². The van der Waals surface area contributed by atoms with Crippen LogP contribution in [0.25, 0.3) is 0 Å². The summed E-state index contributed by atoms with van der Waals surface area (Å²) in [6, 6.07) is 14.9. The number of carbonyl (C=O) groups is 4. The van der Waals surface area contributed by atoms with E-state index in [0.717, 1.165) is 10.8 Å². The van der Waals surface area contributed by atoms with Crippen LogP contribution >= 0.6 is 62.8 Å². The molecule has 274 valence electrons. The average Bonchev–Trinajstić information content (AvgIpc) is 3.76. The van der Waals surface area contributed by atoms with Crippen molar-refractivity contribution in [3.05, 3.63) is 59.7 Å². The highest BCUT2D eigenvalue weighted by Gasteiger charge is 2.92. The van der Waals surface area contributed by atoms with Crippen LogP contribution in [0.3, 0.4) is 0 Å². The lowest BCUT2D eigenvalue weighted by molar-refractivity contribution is -0.169. The van der Waals surface area contributed by atoms with Crippen LogP contribution in [0.2, 0.25) is 0 Å². The van der Waals surface area contributed by atoms with E-state index in [2.05, 4.69) is 10.6 Å². The Morgan fingerprint density at radius 2 is 1.00 bits per heavy atom. The Kier molecular flexibility index (Phi) is 6.89. The smallest absolute Gasteiger partial charge is 0.264 e. The fourth-order valence-corrected chi connectivity index (χ4v) is 23.3. The number of aliphatic hydroxyl groups excluding tert-OH is 2. The number of hydrogen-bond donors (Lipinski definition) is 4. The van der Waals surface area contributed by atoms with Crippen molar-refractivity contribution in [2.75, 3.05) is 24.7 Å². The Labute approximate surface area is 323 Å². The van der Waals surface area contributed by atoms with Gasteiger partial charge in [0.25, 0.3) is 23.6 Å². The highest BCUT2D eigenvalue weighted by molar-refractivity contribution is 9.26. The van der Waals surface area contributed by atoms with Crippen molar-refractivity contribution in [1.29, 1.82) is 0 Å². The first kappa shape index (κ1) is 34.4. The second-order valence-corrected chi connectivity index (χ2v) is 24.1. The van der Waals surface area contributed by atoms with Crippen LogP contribution in [-0.4, -0.2) is 112 Å². The van der Waals surface area contributed by atoms with Crippen LogP contribution in [-0.2, 0) is 30.0 Å². The molecule has 0 aliphatic carbocycles. The molecule has 4 bridgehead atoms. The standard InChI is InChI=1S/C34H36N6O6S6/c1-15(2)31-27(45)39-23-29(17-11-7-9-13-19(17)35-23,21(41)33(39,48-47-31)25(43)37(31)5)30-18-12-8-10-14-20(18)36-24(30)40-28(46)32(16(3)4)38(6)26(44)34(40,22(30)42)50-52-51-49-32/h7-16,21-24,35-36,41-42H,1-6H3/t21-,22-,23-,24+,29-,30?,31-,32?,33+,34-/m0/s1. The lowest BCUT2D eigenvalue weighted by Crippen LogP contribution is -2.79. The fourth-order valence-electron chi connectivity index (χ4n) is 11.0. The zero-order valence-electron chi connectivity index (χ0n) is 28.8. The van der Waals surface area contributed by atoms with Crippen LogP contribution < -0.4 is 10.6 Å². The number of rotatable bonds is 3. The van der Waals surface area contributed by atoms with Crippen LogP contribution in [0.15, 0.2) is 48.5 Å². The van der Waals surface area contributed by atoms with Gasteiger partial charge in [-0.25, -0.2) is 0 Å². The van der Waals surface area contributed by atoms with Gasteiger partial charge >= 0.3 is 0 Å². The highest BCUT2D eigenvalue weighted by atomic mass is 33.7. The molecule has 2 aromatic rings. The van der Waals surface area contributed by atoms with Gasteiger partial charge in [0, 0.05) is 25.5 Å². The lowest BCUT2D eigenvalue weighted by Gasteiger charge is -2.60. The average molecular weight is 817 g/mol. The molecule has 18 heteroatoms. The first-order chi connectivity index (χ1) is 24.7. The van der Waals surface area contributed by atoms with E-state index < -0.39 is 66.7 Å². The van der Waals surface area contributed by atoms with Gasteiger partial charge < -0.3 is 30.6 Å². The molecular weight excluding hydrogens is 781 g/mol. The van der Waals surface area contributed by atoms with Crippen molar-refractivity contribution in [1.82, 2.24) is 19.6 Å². The number of benzene rings is 2. The molecule has 2 spiro atoms. The van der Waals surface area contributed by atoms with E-state index in [1.807, 2.05) is 76.2 Å². The summed E-state index contributed by atoms with van der Waals surface area (Å²) in [5.41, 5.74) is -0.877. The molecule has 52 heavy (non-hydrogen) atoms. The third-order valence-corrected chi connectivity index (χ3v) is 24.6. The number of likely N-dealkylation sites (N-methyl/N-ethyl adjacent to an activating group) is 2. The molecule has 0 saturated carbocycles. The van der Waals surface area contributed by atoms with E-state index in [0.29, 0.717) is 22.5 Å². The quantitative estimate of drug-likeness (QED) is 0.333. The molecule has 10 heterocycles. The Bertz CT molecular complexity index is 2050. The molecule has 4 N–H and O–H groups in total. The number of fused-ring (bicyclic) bond motifs is 13. The predicted molar refractivity (Wildman–Crippen MR) is 208 cm³/mol. The van der Waals surface area contributed by atoms with Crippen molar-refractivity contribution in [2.24, 2.45) is 11.8 Å². The van der Waals surface area contributed by atoms with Gasteiger partial charge in [-0.15, -0.1) is 0 Å². The molecule has 12 nitrogen and oxygen atoms in total. The number of para-hydroxylation sites is 2. The van der Waals surface area contributed by atoms with Crippen molar-refractivity contribution in [2.45, 2.75) is 82.5 Å². The molecule has 10 aliphatic rings. The first-order valence-electron chi connectivity index (χ1n) is 17.1. The van der Waals surface area contributed by atoms with E-state index >= 15 is 14.4 Å². The van der Waals surface area contributed by atoms with Crippen molar-refractivity contribution in [3.8, 4) is 0 Å². The molecule has 8 fully saturated rings. The maximum absolute atomic E-state index is 15.5. The van der Waals surface area contributed by atoms with Crippen LogP contribution in [0.4, 0.5) is 11.4 Å². The van der Waals surface area contributed by atoms with E-state index in [-0.39, 0.29) is 23.7 Å². The van der Waals surface area contributed by atoms with Crippen LogP contribution in [0, 0.1) is 11.8 Å². The van der Waals surface area contributed by atoms with Crippen molar-refractivity contribution >= 4 is 97.8 Å². The van der Waals surface area contributed by atoms with Crippen LogP contribution in [0.1, 0.15) is 38.8 Å². The fraction of sp³-hybridized carbons (Fsp3) is 0.529. The zero-order chi connectivity index (χ0) is 36.7. The molecule has 10 atom stereocenters. The minimum absolute atomic E-state index is 0.283. The van der Waals surface area contributed by atoms with E-state index in [1.165, 1.54) is 61.8 Å². The molecule has 4 amide bonds. The number of piperazine rings is 2. The van der Waals surface area contributed by atoms with Gasteiger partial charge in [-0.2, -0.15) is 0 Å². The summed E-state index contributed by atoms with van der Waals surface area (Å²) in [5.74, 6) is -2.05. The maximum Gasteiger partial charge on any atom is 0.264 e.